The van der Waals surface area contributed by atoms with Gasteiger partial charge in [0.2, 0.25) is 0 Å². The molecule has 1 aliphatic rings. The number of carbonyl (C=O) groups excluding carboxylic acids is 1. The third kappa shape index (κ3) is 5.30. The van der Waals surface area contributed by atoms with Crippen LogP contribution in [0.3, 0.4) is 0 Å². The van der Waals surface area contributed by atoms with Crippen LogP contribution in [0.15, 0.2) is 30.3 Å². The van der Waals surface area contributed by atoms with Gasteiger partial charge in [-0.05, 0) is 26.3 Å². The number of amides is 1. The van der Waals surface area contributed by atoms with Gasteiger partial charge in [0.05, 0.1) is 6.54 Å². The summed E-state index contributed by atoms with van der Waals surface area (Å²) in [6, 6.07) is 9.99. The van der Waals surface area contributed by atoms with Crippen LogP contribution in [0.4, 0.5) is 9.18 Å². The van der Waals surface area contributed by atoms with Crippen molar-refractivity contribution in [3.05, 3.63) is 35.9 Å². The Labute approximate surface area is 131 Å². The summed E-state index contributed by atoms with van der Waals surface area (Å²) in [5.41, 5.74) is 0.597. The average molecular weight is 308 g/mol. The fourth-order valence-corrected chi connectivity index (χ4v) is 2.50. The molecule has 0 aliphatic carbocycles. The molecule has 2 rings (SSSR count). The Hall–Kier alpha value is -1.62. The van der Waals surface area contributed by atoms with Gasteiger partial charge in [0.25, 0.3) is 0 Å². The van der Waals surface area contributed by atoms with Crippen molar-refractivity contribution in [1.29, 1.82) is 0 Å². The van der Waals surface area contributed by atoms with Gasteiger partial charge in [-0.1, -0.05) is 30.3 Å². The van der Waals surface area contributed by atoms with Gasteiger partial charge in [-0.3, -0.25) is 4.90 Å². The highest BCUT2D eigenvalue weighted by Crippen LogP contribution is 2.15. The summed E-state index contributed by atoms with van der Waals surface area (Å²) >= 11 is 0. The van der Waals surface area contributed by atoms with Crippen molar-refractivity contribution in [2.24, 2.45) is 0 Å². The minimum atomic E-state index is -1.06. The molecule has 1 atom stereocenters. The van der Waals surface area contributed by atoms with Crippen LogP contribution >= 0.6 is 0 Å². The second-order valence-corrected chi connectivity index (χ2v) is 6.74. The molecule has 0 radical (unpaired) electrons. The number of alkyl halides is 1. The largest absolute Gasteiger partial charge is 0.444 e. The maximum Gasteiger partial charge on any atom is 0.410 e. The smallest absolute Gasteiger partial charge is 0.410 e. The summed E-state index contributed by atoms with van der Waals surface area (Å²) in [7, 11) is 0. The summed E-state index contributed by atoms with van der Waals surface area (Å²) in [5.74, 6) is 0. The minimum Gasteiger partial charge on any atom is -0.444 e. The van der Waals surface area contributed by atoms with E-state index in [9.17, 15) is 9.18 Å². The van der Waals surface area contributed by atoms with Crippen LogP contribution in [0.25, 0.3) is 0 Å². The highest BCUT2D eigenvalue weighted by molar-refractivity contribution is 5.68. The van der Waals surface area contributed by atoms with E-state index < -0.39 is 17.9 Å². The molecule has 1 fully saturated rings. The molecule has 0 bridgehead atoms. The monoisotopic (exact) mass is 308 g/mol. The molecule has 1 aromatic carbocycles. The molecule has 0 unspecified atom stereocenters. The van der Waals surface area contributed by atoms with E-state index in [0.29, 0.717) is 26.2 Å². The Balaban J connectivity index is 1.94. The summed E-state index contributed by atoms with van der Waals surface area (Å²) < 4.78 is 19.5. The number of rotatable bonds is 2. The van der Waals surface area contributed by atoms with Crippen LogP contribution in [-0.2, 0) is 11.3 Å². The average Bonchev–Trinajstić information content (AvgIpc) is 2.60. The normalized spacial score (nSPS) is 20.5. The third-order valence-electron chi connectivity index (χ3n) is 3.46. The maximum atomic E-state index is 14.1. The van der Waals surface area contributed by atoms with Crippen LogP contribution in [-0.4, -0.2) is 53.8 Å². The molecule has 0 saturated carbocycles. The Morgan fingerprint density at radius 3 is 2.55 bits per heavy atom. The topological polar surface area (TPSA) is 32.8 Å². The minimum absolute atomic E-state index is 0.0974. The number of benzene rings is 1. The molecule has 22 heavy (non-hydrogen) atoms. The van der Waals surface area contributed by atoms with Gasteiger partial charge in [0.15, 0.2) is 0 Å². The highest BCUT2D eigenvalue weighted by atomic mass is 19.1. The lowest BCUT2D eigenvalue weighted by atomic mass is 10.2. The second kappa shape index (κ2) is 7.09. The fourth-order valence-electron chi connectivity index (χ4n) is 2.50. The van der Waals surface area contributed by atoms with Gasteiger partial charge in [0.1, 0.15) is 11.8 Å². The van der Waals surface area contributed by atoms with E-state index >= 15 is 0 Å². The van der Waals surface area contributed by atoms with E-state index in [-0.39, 0.29) is 6.54 Å². The number of hydrogen-bond donors (Lipinski definition) is 0. The quantitative estimate of drug-likeness (QED) is 0.842. The SMILES string of the molecule is CC(C)(C)OC(=O)N1CCN(Cc2ccccc2)C[C@@H](F)C1. The summed E-state index contributed by atoms with van der Waals surface area (Å²) in [6.45, 7) is 7.72. The first kappa shape index (κ1) is 16.7. The third-order valence-corrected chi connectivity index (χ3v) is 3.46. The molecule has 1 aromatic rings. The van der Waals surface area contributed by atoms with E-state index in [0.717, 1.165) is 5.56 Å². The molecule has 0 N–H and O–H groups in total. The lowest BCUT2D eigenvalue weighted by molar-refractivity contribution is 0.0229. The Kier molecular flexibility index (Phi) is 5.40. The van der Waals surface area contributed by atoms with E-state index in [1.807, 2.05) is 56.0 Å². The zero-order chi connectivity index (χ0) is 16.2. The van der Waals surface area contributed by atoms with Crippen molar-refractivity contribution < 1.29 is 13.9 Å². The Morgan fingerprint density at radius 1 is 1.23 bits per heavy atom. The molecular formula is C17H25FN2O2. The first-order valence-corrected chi connectivity index (χ1v) is 7.72. The number of ether oxygens (including phenoxy) is 1. The van der Waals surface area contributed by atoms with Crippen LogP contribution in [0, 0.1) is 0 Å². The number of carbonyl (C=O) groups is 1. The predicted molar refractivity (Wildman–Crippen MR) is 84.4 cm³/mol. The molecule has 1 saturated heterocycles. The van der Waals surface area contributed by atoms with Crippen molar-refractivity contribution >= 4 is 6.09 Å². The maximum absolute atomic E-state index is 14.1. The van der Waals surface area contributed by atoms with Gasteiger partial charge in [-0.25, -0.2) is 9.18 Å². The molecule has 0 aromatic heterocycles. The molecule has 0 spiro atoms. The molecule has 1 heterocycles. The molecular weight excluding hydrogens is 283 g/mol. The van der Waals surface area contributed by atoms with E-state index in [4.69, 9.17) is 4.74 Å². The van der Waals surface area contributed by atoms with Gasteiger partial charge in [-0.2, -0.15) is 0 Å². The first-order valence-electron chi connectivity index (χ1n) is 7.72. The van der Waals surface area contributed by atoms with Crippen LogP contribution < -0.4 is 0 Å². The zero-order valence-corrected chi connectivity index (χ0v) is 13.6. The molecule has 122 valence electrons. The highest BCUT2D eigenvalue weighted by Gasteiger charge is 2.28. The Morgan fingerprint density at radius 2 is 1.91 bits per heavy atom. The standard InChI is InChI=1S/C17H25FN2O2/c1-17(2,3)22-16(21)20-10-9-19(12-15(18)13-20)11-14-7-5-4-6-8-14/h4-8,15H,9-13H2,1-3H3/t15-/m1/s1. The Bertz CT molecular complexity index is 487. The van der Waals surface area contributed by atoms with Gasteiger partial charge >= 0.3 is 6.09 Å². The van der Waals surface area contributed by atoms with Gasteiger partial charge in [0, 0.05) is 26.2 Å². The number of hydrogen-bond acceptors (Lipinski definition) is 3. The number of nitrogens with zero attached hydrogens (tertiary/aromatic N) is 2. The zero-order valence-electron chi connectivity index (χ0n) is 13.6. The van der Waals surface area contributed by atoms with Crippen molar-refractivity contribution in [2.75, 3.05) is 26.2 Å². The molecule has 1 amide bonds. The van der Waals surface area contributed by atoms with Gasteiger partial charge in [-0.15, -0.1) is 0 Å². The van der Waals surface area contributed by atoms with E-state index in [2.05, 4.69) is 0 Å². The second-order valence-electron chi connectivity index (χ2n) is 6.74. The summed E-state index contributed by atoms with van der Waals surface area (Å²) in [6.07, 6.45) is -1.49. The van der Waals surface area contributed by atoms with Crippen LogP contribution in [0.1, 0.15) is 26.3 Å². The van der Waals surface area contributed by atoms with Crippen LogP contribution in [0.2, 0.25) is 0 Å². The van der Waals surface area contributed by atoms with E-state index in [1.165, 1.54) is 4.90 Å². The first-order chi connectivity index (χ1) is 10.3. The van der Waals surface area contributed by atoms with Crippen molar-refractivity contribution in [1.82, 2.24) is 9.80 Å². The predicted octanol–water partition coefficient (Wildman–Crippen LogP) is 3.08. The van der Waals surface area contributed by atoms with E-state index in [1.54, 1.807) is 0 Å². The van der Waals surface area contributed by atoms with Crippen molar-refractivity contribution in [2.45, 2.75) is 39.1 Å². The van der Waals surface area contributed by atoms with Crippen LogP contribution in [0.5, 0.6) is 0 Å². The molecule has 4 nitrogen and oxygen atoms in total. The van der Waals surface area contributed by atoms with Crippen molar-refractivity contribution in [3.8, 4) is 0 Å². The summed E-state index contributed by atoms with van der Waals surface area (Å²) in [4.78, 5) is 15.6. The lowest BCUT2D eigenvalue weighted by Gasteiger charge is -2.26. The molecule has 1 aliphatic heterocycles. The fraction of sp³-hybridized carbons (Fsp3) is 0.588. The molecule has 5 heteroatoms. The lowest BCUT2D eigenvalue weighted by Crippen LogP contribution is -2.40. The van der Waals surface area contributed by atoms with Crippen molar-refractivity contribution in [3.63, 3.8) is 0 Å². The summed E-state index contributed by atoms with van der Waals surface area (Å²) in [5, 5.41) is 0. The van der Waals surface area contributed by atoms with Gasteiger partial charge < -0.3 is 9.64 Å². The number of halogens is 1.